The first-order valence-electron chi connectivity index (χ1n) is 4.09. The van der Waals surface area contributed by atoms with Gasteiger partial charge in [0, 0.05) is 24.5 Å². The Morgan fingerprint density at radius 2 is 2.23 bits per heavy atom. The van der Waals surface area contributed by atoms with Gasteiger partial charge in [0.1, 0.15) is 5.56 Å². The summed E-state index contributed by atoms with van der Waals surface area (Å²) >= 11 is 0. The van der Waals surface area contributed by atoms with E-state index in [0.29, 0.717) is 0 Å². The van der Waals surface area contributed by atoms with Crippen LogP contribution in [0.15, 0.2) is 23.3 Å². The number of hydrogen-bond acceptors (Lipinski definition) is 2. The van der Waals surface area contributed by atoms with Crippen LogP contribution in [0, 0.1) is 0 Å². The second kappa shape index (κ2) is 3.89. The average molecular weight is 180 g/mol. The molecule has 0 fully saturated rings. The number of aromatic amines is 1. The molecule has 70 valence electrons. The maximum atomic E-state index is 11.3. The van der Waals surface area contributed by atoms with Crippen molar-refractivity contribution in [2.75, 3.05) is 0 Å². The number of aromatic nitrogens is 1. The molecule has 4 heteroatoms. The molecule has 0 aliphatic rings. The van der Waals surface area contributed by atoms with Gasteiger partial charge >= 0.3 is 0 Å². The second-order valence-corrected chi connectivity index (χ2v) is 3.05. The van der Waals surface area contributed by atoms with Crippen LogP contribution in [0.5, 0.6) is 0 Å². The van der Waals surface area contributed by atoms with Gasteiger partial charge in [-0.3, -0.25) is 9.59 Å². The molecule has 13 heavy (non-hydrogen) atoms. The first-order valence-corrected chi connectivity index (χ1v) is 4.09. The van der Waals surface area contributed by atoms with Crippen LogP contribution in [-0.4, -0.2) is 16.9 Å². The number of pyridine rings is 1. The zero-order valence-electron chi connectivity index (χ0n) is 7.63. The van der Waals surface area contributed by atoms with E-state index in [1.807, 2.05) is 13.8 Å². The summed E-state index contributed by atoms with van der Waals surface area (Å²) < 4.78 is 0. The average Bonchev–Trinajstić information content (AvgIpc) is 2.03. The Morgan fingerprint density at radius 3 is 2.77 bits per heavy atom. The van der Waals surface area contributed by atoms with Crippen molar-refractivity contribution in [3.8, 4) is 0 Å². The summed E-state index contributed by atoms with van der Waals surface area (Å²) in [7, 11) is 0. The fourth-order valence-electron chi connectivity index (χ4n) is 0.934. The van der Waals surface area contributed by atoms with E-state index in [1.165, 1.54) is 18.5 Å². The van der Waals surface area contributed by atoms with E-state index in [4.69, 9.17) is 0 Å². The van der Waals surface area contributed by atoms with Gasteiger partial charge in [-0.25, -0.2) is 0 Å². The highest BCUT2D eigenvalue weighted by molar-refractivity contribution is 5.93. The predicted molar refractivity (Wildman–Crippen MR) is 49.7 cm³/mol. The van der Waals surface area contributed by atoms with Gasteiger partial charge in [0.2, 0.25) is 0 Å². The van der Waals surface area contributed by atoms with E-state index in [9.17, 15) is 9.59 Å². The topological polar surface area (TPSA) is 62.0 Å². The third kappa shape index (κ3) is 2.43. The second-order valence-electron chi connectivity index (χ2n) is 3.05. The molecule has 0 saturated carbocycles. The molecule has 0 aliphatic heterocycles. The summed E-state index contributed by atoms with van der Waals surface area (Å²) in [6.07, 6.45) is 2.90. The molecule has 0 aromatic carbocycles. The summed E-state index contributed by atoms with van der Waals surface area (Å²) in [4.78, 5) is 25.2. The van der Waals surface area contributed by atoms with Gasteiger partial charge in [-0.2, -0.15) is 0 Å². The zero-order chi connectivity index (χ0) is 9.84. The molecule has 2 N–H and O–H groups in total. The molecule has 1 heterocycles. The van der Waals surface area contributed by atoms with Crippen LogP contribution in [0.1, 0.15) is 24.2 Å². The first kappa shape index (κ1) is 9.51. The van der Waals surface area contributed by atoms with E-state index in [1.54, 1.807) is 0 Å². The fraction of sp³-hybridized carbons (Fsp3) is 0.333. The first-order chi connectivity index (χ1) is 6.11. The highest BCUT2D eigenvalue weighted by Gasteiger charge is 2.09. The van der Waals surface area contributed by atoms with Crippen LogP contribution in [0.25, 0.3) is 0 Å². The zero-order valence-corrected chi connectivity index (χ0v) is 7.63. The third-order valence-electron chi connectivity index (χ3n) is 1.49. The van der Waals surface area contributed by atoms with Gasteiger partial charge in [-0.05, 0) is 13.8 Å². The maximum Gasteiger partial charge on any atom is 0.256 e. The molecule has 4 nitrogen and oxygen atoms in total. The number of nitrogens with one attached hydrogen (secondary N) is 2. The molecule has 0 saturated heterocycles. The molecule has 0 spiro atoms. The lowest BCUT2D eigenvalue weighted by atomic mass is 10.2. The number of carbonyl (C=O) groups is 1. The SMILES string of the molecule is CC(C)NC(=O)c1c[nH]ccc1=O. The Balaban J connectivity index is 2.90. The molecule has 0 atom stereocenters. The quantitative estimate of drug-likeness (QED) is 0.696. The van der Waals surface area contributed by atoms with Gasteiger partial charge in [0.15, 0.2) is 5.43 Å². The van der Waals surface area contributed by atoms with E-state index < -0.39 is 0 Å². The highest BCUT2D eigenvalue weighted by Crippen LogP contribution is 1.89. The van der Waals surface area contributed by atoms with Crippen molar-refractivity contribution < 1.29 is 4.79 Å². The molecular formula is C9H12N2O2. The minimum absolute atomic E-state index is 0.0344. The van der Waals surface area contributed by atoms with Crippen LogP contribution in [0.3, 0.4) is 0 Å². The van der Waals surface area contributed by atoms with Crippen LogP contribution in [0.4, 0.5) is 0 Å². The molecule has 1 rings (SSSR count). The van der Waals surface area contributed by atoms with Crippen LogP contribution in [0.2, 0.25) is 0 Å². The maximum absolute atomic E-state index is 11.3. The predicted octanol–water partition coefficient (Wildman–Crippen LogP) is 0.513. The monoisotopic (exact) mass is 180 g/mol. The van der Waals surface area contributed by atoms with Crippen molar-refractivity contribution in [3.05, 3.63) is 34.2 Å². The number of carbonyl (C=O) groups excluding carboxylic acids is 1. The molecule has 1 amide bonds. The van der Waals surface area contributed by atoms with Crippen molar-refractivity contribution in [2.24, 2.45) is 0 Å². The van der Waals surface area contributed by atoms with Crippen LogP contribution < -0.4 is 10.7 Å². The van der Waals surface area contributed by atoms with Gasteiger partial charge in [0.05, 0.1) is 0 Å². The van der Waals surface area contributed by atoms with E-state index in [-0.39, 0.29) is 22.9 Å². The van der Waals surface area contributed by atoms with E-state index >= 15 is 0 Å². The third-order valence-corrected chi connectivity index (χ3v) is 1.49. The Hall–Kier alpha value is -1.58. The van der Waals surface area contributed by atoms with E-state index in [0.717, 1.165) is 0 Å². The van der Waals surface area contributed by atoms with Crippen molar-refractivity contribution in [2.45, 2.75) is 19.9 Å². The van der Waals surface area contributed by atoms with E-state index in [2.05, 4.69) is 10.3 Å². The summed E-state index contributed by atoms with van der Waals surface area (Å²) in [5.74, 6) is -0.336. The Morgan fingerprint density at radius 1 is 1.54 bits per heavy atom. The number of hydrogen-bond donors (Lipinski definition) is 2. The lowest BCUT2D eigenvalue weighted by Gasteiger charge is -2.06. The summed E-state index contributed by atoms with van der Waals surface area (Å²) in [5, 5.41) is 2.64. The summed E-state index contributed by atoms with van der Waals surface area (Å²) in [6, 6.07) is 1.36. The summed E-state index contributed by atoms with van der Waals surface area (Å²) in [5.41, 5.74) is -0.117. The largest absolute Gasteiger partial charge is 0.367 e. The van der Waals surface area contributed by atoms with Crippen molar-refractivity contribution >= 4 is 5.91 Å². The molecule has 0 bridgehead atoms. The standard InChI is InChI=1S/C9H12N2O2/c1-6(2)11-9(13)7-5-10-4-3-8(7)12/h3-6H,1-2H3,(H,10,12)(H,11,13). The molecule has 1 aromatic rings. The van der Waals surface area contributed by atoms with Crippen molar-refractivity contribution in [1.29, 1.82) is 0 Å². The Kier molecular flexibility index (Phi) is 2.84. The van der Waals surface area contributed by atoms with Crippen molar-refractivity contribution in [3.63, 3.8) is 0 Å². The molecule has 0 aliphatic carbocycles. The number of H-pyrrole nitrogens is 1. The van der Waals surface area contributed by atoms with Crippen LogP contribution >= 0.6 is 0 Å². The summed E-state index contributed by atoms with van der Waals surface area (Å²) in [6.45, 7) is 3.68. The van der Waals surface area contributed by atoms with Gasteiger partial charge in [-0.15, -0.1) is 0 Å². The molecule has 0 radical (unpaired) electrons. The highest BCUT2D eigenvalue weighted by atomic mass is 16.2. The fourth-order valence-corrected chi connectivity index (χ4v) is 0.934. The molecule has 1 aromatic heterocycles. The van der Waals surface area contributed by atoms with Gasteiger partial charge < -0.3 is 10.3 Å². The molecule has 0 unspecified atom stereocenters. The minimum Gasteiger partial charge on any atom is -0.367 e. The smallest absolute Gasteiger partial charge is 0.256 e. The normalized spacial score (nSPS) is 10.1. The minimum atomic E-state index is -0.336. The van der Waals surface area contributed by atoms with Crippen LogP contribution in [-0.2, 0) is 0 Å². The lowest BCUT2D eigenvalue weighted by Crippen LogP contribution is -2.33. The van der Waals surface area contributed by atoms with Gasteiger partial charge in [-0.1, -0.05) is 0 Å². The Bertz CT molecular complexity index is 355. The lowest BCUT2D eigenvalue weighted by molar-refractivity contribution is 0.0941. The Labute approximate surface area is 76.0 Å². The van der Waals surface area contributed by atoms with Crippen molar-refractivity contribution in [1.82, 2.24) is 10.3 Å². The molecular weight excluding hydrogens is 168 g/mol. The number of amides is 1. The van der Waals surface area contributed by atoms with Gasteiger partial charge in [0.25, 0.3) is 5.91 Å². The number of rotatable bonds is 2.